The van der Waals surface area contributed by atoms with Crippen molar-refractivity contribution < 1.29 is 4.74 Å². The molecule has 1 fully saturated rings. The topological polar surface area (TPSA) is 48.1 Å². The Kier molecular flexibility index (Phi) is 3.78. The van der Waals surface area contributed by atoms with Gasteiger partial charge in [0.25, 0.3) is 0 Å². The van der Waals surface area contributed by atoms with Gasteiger partial charge in [-0.25, -0.2) is 0 Å². The molecule has 2 unspecified atom stereocenters. The third kappa shape index (κ3) is 2.35. The quantitative estimate of drug-likeness (QED) is 0.828. The van der Waals surface area contributed by atoms with Gasteiger partial charge in [0.1, 0.15) is 5.75 Å². The molecule has 2 atom stereocenters. The van der Waals surface area contributed by atoms with Crippen LogP contribution in [0.4, 0.5) is 0 Å². The van der Waals surface area contributed by atoms with Crippen LogP contribution in [0.1, 0.15) is 37.7 Å². The van der Waals surface area contributed by atoms with Crippen molar-refractivity contribution in [1.82, 2.24) is 4.98 Å². The maximum absolute atomic E-state index is 5.73. The van der Waals surface area contributed by atoms with Crippen molar-refractivity contribution in [2.24, 2.45) is 11.7 Å². The van der Waals surface area contributed by atoms with Gasteiger partial charge in [-0.3, -0.25) is 4.98 Å². The monoisotopic (exact) mass is 220 g/mol. The van der Waals surface area contributed by atoms with E-state index in [4.69, 9.17) is 10.5 Å². The second kappa shape index (κ2) is 5.30. The predicted molar refractivity (Wildman–Crippen MR) is 64.5 cm³/mol. The molecule has 0 radical (unpaired) electrons. The number of hydrogen-bond donors (Lipinski definition) is 1. The summed E-state index contributed by atoms with van der Waals surface area (Å²) in [5.41, 5.74) is 7.02. The minimum Gasteiger partial charge on any atom is -0.492 e. The molecule has 1 saturated carbocycles. The van der Waals surface area contributed by atoms with Crippen molar-refractivity contribution >= 4 is 0 Å². The van der Waals surface area contributed by atoms with Gasteiger partial charge >= 0.3 is 0 Å². The fourth-order valence-electron chi connectivity index (χ4n) is 2.23. The van der Waals surface area contributed by atoms with Crippen LogP contribution in [-0.4, -0.2) is 18.1 Å². The minimum absolute atomic E-state index is 0.600. The van der Waals surface area contributed by atoms with E-state index >= 15 is 0 Å². The molecule has 0 spiro atoms. The highest BCUT2D eigenvalue weighted by molar-refractivity contribution is 5.28. The number of nitrogens with two attached hydrogens (primary N) is 1. The van der Waals surface area contributed by atoms with Gasteiger partial charge in [-0.05, 0) is 49.3 Å². The average molecular weight is 220 g/mol. The molecule has 1 aromatic rings. The highest BCUT2D eigenvalue weighted by atomic mass is 16.5. The van der Waals surface area contributed by atoms with E-state index in [1.54, 1.807) is 6.20 Å². The van der Waals surface area contributed by atoms with Crippen LogP contribution < -0.4 is 10.5 Å². The normalized spacial score (nSPS) is 23.9. The van der Waals surface area contributed by atoms with Crippen LogP contribution in [0.15, 0.2) is 18.5 Å². The molecule has 1 aliphatic rings. The van der Waals surface area contributed by atoms with E-state index in [2.05, 4.69) is 18.0 Å². The Morgan fingerprint density at radius 1 is 1.44 bits per heavy atom. The lowest BCUT2D eigenvalue weighted by molar-refractivity contribution is 0.261. The van der Waals surface area contributed by atoms with Gasteiger partial charge in [0, 0.05) is 6.20 Å². The lowest BCUT2D eigenvalue weighted by Gasteiger charge is -2.36. The second-order valence-corrected chi connectivity index (χ2v) is 4.48. The fraction of sp³-hybridized carbons (Fsp3) is 0.615. The summed E-state index contributed by atoms with van der Waals surface area (Å²) < 4.78 is 5.59. The zero-order valence-corrected chi connectivity index (χ0v) is 9.86. The van der Waals surface area contributed by atoms with Gasteiger partial charge in [-0.2, -0.15) is 0 Å². The SMILES string of the molecule is CCCOc1cncc(C2CCC2CN)c1. The number of rotatable bonds is 5. The lowest BCUT2D eigenvalue weighted by Crippen LogP contribution is -2.30. The van der Waals surface area contributed by atoms with E-state index in [0.717, 1.165) is 25.3 Å². The van der Waals surface area contributed by atoms with Gasteiger partial charge in [0.15, 0.2) is 0 Å². The van der Waals surface area contributed by atoms with Crippen LogP contribution in [-0.2, 0) is 0 Å². The molecule has 0 amide bonds. The smallest absolute Gasteiger partial charge is 0.137 e. The third-order valence-corrected chi connectivity index (χ3v) is 3.36. The fourth-order valence-corrected chi connectivity index (χ4v) is 2.23. The molecule has 3 heteroatoms. The molecular formula is C13H20N2O. The van der Waals surface area contributed by atoms with Gasteiger partial charge in [-0.15, -0.1) is 0 Å². The molecule has 0 saturated heterocycles. The summed E-state index contributed by atoms with van der Waals surface area (Å²) in [6.45, 7) is 3.65. The maximum atomic E-state index is 5.73. The van der Waals surface area contributed by atoms with Crippen LogP contribution in [0.2, 0.25) is 0 Å². The zero-order valence-electron chi connectivity index (χ0n) is 9.86. The Hall–Kier alpha value is -1.09. The summed E-state index contributed by atoms with van der Waals surface area (Å²) in [5, 5.41) is 0. The van der Waals surface area contributed by atoms with Crippen molar-refractivity contribution in [3.63, 3.8) is 0 Å². The molecule has 1 aromatic heterocycles. The Bertz CT molecular complexity index is 338. The van der Waals surface area contributed by atoms with Crippen LogP contribution in [0.25, 0.3) is 0 Å². The molecule has 3 nitrogen and oxygen atoms in total. The standard InChI is InChI=1S/C13H20N2O/c1-2-5-16-12-6-11(8-15-9-12)13-4-3-10(13)7-14/h6,8-10,13H,2-5,7,14H2,1H3. The van der Waals surface area contributed by atoms with E-state index in [1.807, 2.05) is 6.20 Å². The lowest BCUT2D eigenvalue weighted by atomic mass is 9.70. The summed E-state index contributed by atoms with van der Waals surface area (Å²) in [7, 11) is 0. The van der Waals surface area contributed by atoms with E-state index in [0.29, 0.717) is 11.8 Å². The van der Waals surface area contributed by atoms with Crippen molar-refractivity contribution in [1.29, 1.82) is 0 Å². The van der Waals surface area contributed by atoms with E-state index in [1.165, 1.54) is 18.4 Å². The molecule has 0 aliphatic heterocycles. The molecule has 0 aromatic carbocycles. The summed E-state index contributed by atoms with van der Waals surface area (Å²) in [6.07, 6.45) is 7.25. The van der Waals surface area contributed by atoms with E-state index < -0.39 is 0 Å². The summed E-state index contributed by atoms with van der Waals surface area (Å²) in [4.78, 5) is 4.24. The van der Waals surface area contributed by atoms with Crippen LogP contribution >= 0.6 is 0 Å². The van der Waals surface area contributed by atoms with Gasteiger partial charge < -0.3 is 10.5 Å². The molecule has 2 rings (SSSR count). The Morgan fingerprint density at radius 2 is 2.31 bits per heavy atom. The van der Waals surface area contributed by atoms with Gasteiger partial charge in [-0.1, -0.05) is 6.92 Å². The largest absolute Gasteiger partial charge is 0.492 e. The van der Waals surface area contributed by atoms with Crippen molar-refractivity contribution in [3.8, 4) is 5.75 Å². The molecule has 2 N–H and O–H groups in total. The molecule has 88 valence electrons. The van der Waals surface area contributed by atoms with E-state index in [-0.39, 0.29) is 0 Å². The summed E-state index contributed by atoms with van der Waals surface area (Å²) in [6, 6.07) is 2.12. The Labute approximate surface area is 97.0 Å². The number of ether oxygens (including phenoxy) is 1. The van der Waals surface area contributed by atoms with Crippen LogP contribution in [0.3, 0.4) is 0 Å². The highest BCUT2D eigenvalue weighted by Gasteiger charge is 2.31. The van der Waals surface area contributed by atoms with Crippen LogP contribution in [0, 0.1) is 5.92 Å². The first kappa shape index (κ1) is 11.4. The number of hydrogen-bond acceptors (Lipinski definition) is 3. The summed E-state index contributed by atoms with van der Waals surface area (Å²) in [5.74, 6) is 2.13. The number of aromatic nitrogens is 1. The van der Waals surface area contributed by atoms with Crippen molar-refractivity contribution in [2.75, 3.05) is 13.2 Å². The second-order valence-electron chi connectivity index (χ2n) is 4.48. The predicted octanol–water partition coefficient (Wildman–Crippen LogP) is 2.32. The Balaban J connectivity index is 2.04. The van der Waals surface area contributed by atoms with Crippen molar-refractivity contribution in [3.05, 3.63) is 24.0 Å². The molecular weight excluding hydrogens is 200 g/mol. The van der Waals surface area contributed by atoms with Gasteiger partial charge in [0.2, 0.25) is 0 Å². The van der Waals surface area contributed by atoms with Gasteiger partial charge in [0.05, 0.1) is 12.8 Å². The first-order chi connectivity index (χ1) is 7.85. The zero-order chi connectivity index (χ0) is 11.4. The molecule has 1 heterocycles. The molecule has 1 aliphatic carbocycles. The van der Waals surface area contributed by atoms with Crippen molar-refractivity contribution in [2.45, 2.75) is 32.1 Å². The highest BCUT2D eigenvalue weighted by Crippen LogP contribution is 2.42. The average Bonchev–Trinajstić information content (AvgIpc) is 2.26. The molecule has 16 heavy (non-hydrogen) atoms. The van der Waals surface area contributed by atoms with Crippen LogP contribution in [0.5, 0.6) is 5.75 Å². The first-order valence-electron chi connectivity index (χ1n) is 6.13. The Morgan fingerprint density at radius 3 is 2.94 bits per heavy atom. The first-order valence-corrected chi connectivity index (χ1v) is 6.13. The molecule has 0 bridgehead atoms. The maximum Gasteiger partial charge on any atom is 0.137 e. The van der Waals surface area contributed by atoms with E-state index in [9.17, 15) is 0 Å². The number of nitrogens with zero attached hydrogens (tertiary/aromatic N) is 1. The number of pyridine rings is 1. The summed E-state index contributed by atoms with van der Waals surface area (Å²) >= 11 is 0. The third-order valence-electron chi connectivity index (χ3n) is 3.36. The minimum atomic E-state index is 0.600.